The van der Waals surface area contributed by atoms with E-state index in [1.807, 2.05) is 0 Å². The van der Waals surface area contributed by atoms with Crippen LogP contribution in [0.3, 0.4) is 0 Å². The summed E-state index contributed by atoms with van der Waals surface area (Å²) in [5.74, 6) is -2.20. The molecule has 1 unspecified atom stereocenters. The molecule has 10 heteroatoms. The van der Waals surface area contributed by atoms with Gasteiger partial charge in [0.25, 0.3) is 0 Å². The van der Waals surface area contributed by atoms with E-state index < -0.39 is 23.3 Å². The average molecular weight is 516 g/mol. The number of Topliss-reactive ketones (excluding diaryl/α,β-unsaturated/α-hetero) is 1. The van der Waals surface area contributed by atoms with Crippen LogP contribution in [0.5, 0.6) is 17.2 Å². The summed E-state index contributed by atoms with van der Waals surface area (Å²) in [6, 6.07) is 6.77. The second-order valence-electron chi connectivity index (χ2n) is 7.94. The molecule has 0 amide bonds. The van der Waals surface area contributed by atoms with Gasteiger partial charge in [-0.1, -0.05) is 12.2 Å². The number of phenolic OH excluding ortho intramolecular Hbond substituents is 1. The molecule has 3 rings (SSSR count). The largest absolute Gasteiger partial charge is 1.00 e. The molecule has 0 saturated heterocycles. The topological polar surface area (TPSA) is 146 Å². The minimum absolute atomic E-state index is 0. The maximum absolute atomic E-state index is 12.3. The minimum Gasteiger partial charge on any atom is -0.542 e. The number of fused-ring (bicyclic) bond motifs is 1. The zero-order valence-corrected chi connectivity index (χ0v) is 22.6. The van der Waals surface area contributed by atoms with Crippen molar-refractivity contribution in [1.82, 2.24) is 0 Å². The van der Waals surface area contributed by atoms with Crippen LogP contribution < -0.4 is 49.6 Å². The molecule has 9 nitrogen and oxygen atoms in total. The zero-order chi connectivity index (χ0) is 26.4. The van der Waals surface area contributed by atoms with E-state index >= 15 is 0 Å². The van der Waals surface area contributed by atoms with Crippen molar-refractivity contribution in [2.24, 2.45) is 0 Å². The van der Waals surface area contributed by atoms with E-state index in [9.17, 15) is 29.7 Å². The normalized spacial score (nSPS) is 11.3. The predicted molar refractivity (Wildman–Crippen MR) is 130 cm³/mol. The first-order chi connectivity index (χ1) is 17.2. The maximum atomic E-state index is 12.3. The molecule has 1 atom stereocenters. The number of hydrogen-bond acceptors (Lipinski definition) is 9. The number of rotatable bonds is 12. The molecular weight excluding hydrogens is 491 g/mol. The number of aliphatic hydroxyl groups excluding tert-OH is 1. The van der Waals surface area contributed by atoms with Gasteiger partial charge in [-0.3, -0.25) is 9.59 Å². The van der Waals surface area contributed by atoms with Gasteiger partial charge in [-0.25, -0.2) is 0 Å². The average Bonchev–Trinajstić information content (AvgIpc) is 2.83. The Balaban J connectivity index is 0.00000481. The first-order valence-electron chi connectivity index (χ1n) is 11.0. The van der Waals surface area contributed by atoms with Crippen LogP contribution in [0.25, 0.3) is 11.0 Å². The van der Waals surface area contributed by atoms with Gasteiger partial charge < -0.3 is 34.0 Å². The fourth-order valence-corrected chi connectivity index (χ4v) is 3.63. The molecule has 1 heterocycles. The number of carbonyl (C=O) groups is 2. The molecule has 0 aliphatic carbocycles. The number of ketones is 1. The van der Waals surface area contributed by atoms with Crippen molar-refractivity contribution < 1.29 is 68.4 Å². The molecule has 2 N–H and O–H groups in total. The van der Waals surface area contributed by atoms with Gasteiger partial charge in [-0.2, -0.15) is 0 Å². The number of aromatic hydroxyl groups is 1. The first kappa shape index (κ1) is 29.9. The molecule has 0 saturated carbocycles. The Bertz CT molecular complexity index is 1390. The minimum atomic E-state index is -1.63. The van der Waals surface area contributed by atoms with Crippen LogP contribution in [-0.4, -0.2) is 41.3 Å². The summed E-state index contributed by atoms with van der Waals surface area (Å²) < 4.78 is 16.8. The van der Waals surface area contributed by atoms with E-state index in [0.717, 1.165) is 6.07 Å². The molecule has 0 aliphatic rings. The van der Waals surface area contributed by atoms with Gasteiger partial charge in [0.05, 0.1) is 10.9 Å². The zero-order valence-electron chi connectivity index (χ0n) is 20.6. The molecule has 2 aromatic carbocycles. The molecule has 37 heavy (non-hydrogen) atoms. The first-order valence-corrected chi connectivity index (χ1v) is 11.0. The summed E-state index contributed by atoms with van der Waals surface area (Å²) in [6.07, 6.45) is 2.42. The quantitative estimate of drug-likeness (QED) is 0.182. The van der Waals surface area contributed by atoms with Gasteiger partial charge in [0, 0.05) is 17.2 Å². The van der Waals surface area contributed by atoms with Crippen molar-refractivity contribution >= 4 is 22.7 Å². The predicted octanol–water partition coefficient (Wildman–Crippen LogP) is -0.656. The third-order valence-electron chi connectivity index (χ3n) is 5.34. The molecule has 0 fully saturated rings. The number of aromatic carboxylic acids is 1. The van der Waals surface area contributed by atoms with Crippen molar-refractivity contribution in [1.29, 1.82) is 0 Å². The third-order valence-corrected chi connectivity index (χ3v) is 5.34. The summed E-state index contributed by atoms with van der Waals surface area (Å²) in [5, 5.41) is 32.2. The second kappa shape index (κ2) is 13.3. The van der Waals surface area contributed by atoms with E-state index in [4.69, 9.17) is 13.9 Å². The van der Waals surface area contributed by atoms with Crippen LogP contribution in [0.1, 0.15) is 39.0 Å². The number of aliphatic hydroxyl groups is 1. The van der Waals surface area contributed by atoms with Crippen LogP contribution in [0, 0.1) is 0 Å². The van der Waals surface area contributed by atoms with Gasteiger partial charge in [-0.05, 0) is 44.0 Å². The summed E-state index contributed by atoms with van der Waals surface area (Å²) in [5.41, 5.74) is 0.388. The molecule has 0 aliphatic heterocycles. The second-order valence-corrected chi connectivity index (χ2v) is 7.94. The van der Waals surface area contributed by atoms with Crippen molar-refractivity contribution in [2.75, 3.05) is 13.2 Å². The Kier molecular flexibility index (Phi) is 10.7. The smallest absolute Gasteiger partial charge is 0.542 e. The number of carbonyl (C=O) groups excluding carboxylic acids is 2. The summed E-state index contributed by atoms with van der Waals surface area (Å²) in [6.45, 7) is 8.24. The van der Waals surface area contributed by atoms with Gasteiger partial charge in [0.15, 0.2) is 17.0 Å². The summed E-state index contributed by atoms with van der Waals surface area (Å²) >= 11 is 0. The Morgan fingerprint density at radius 2 is 1.62 bits per heavy atom. The summed E-state index contributed by atoms with van der Waals surface area (Å²) in [4.78, 5) is 35.2. The van der Waals surface area contributed by atoms with Crippen LogP contribution in [-0.2, 0) is 12.8 Å². The van der Waals surface area contributed by atoms with Crippen LogP contribution in [0.4, 0.5) is 0 Å². The number of carboxylic acids is 1. The number of hydrogen-bond donors (Lipinski definition) is 2. The Morgan fingerprint density at radius 3 is 2.19 bits per heavy atom. The Morgan fingerprint density at radius 1 is 1.05 bits per heavy atom. The molecule has 3 aromatic rings. The standard InChI is InChI=1S/C27H26O9.Na/c1-4-6-19-22(10-8-17(15(3)28)25(19)31)34-13-16(29)14-35-23-11-9-18-21(30)12-24(27(32)33)36-26(18)20(23)7-5-2;/h4-5,8-12,16,29,31H,1-2,6-7,13-14H2,3H3,(H,32,33);/q;+1/p-1. The number of carboxylic acid groups (broad SMARTS) is 1. The fourth-order valence-electron chi connectivity index (χ4n) is 3.63. The fraction of sp³-hybridized carbons (Fsp3) is 0.222. The van der Waals surface area contributed by atoms with Gasteiger partial charge in [-0.15, -0.1) is 13.2 Å². The Hall–Kier alpha value is -3.37. The van der Waals surface area contributed by atoms with E-state index in [-0.39, 0.29) is 95.2 Å². The SMILES string of the molecule is C=CCc1c(OCC(O)COc2ccc3c(=O)cc(C(=O)[O-])oc3c2CC=C)ccc(C(C)=O)c1O.[Na+]. The number of ether oxygens (including phenoxy) is 2. The third kappa shape index (κ3) is 6.90. The van der Waals surface area contributed by atoms with Crippen LogP contribution in [0.15, 0.2) is 64.9 Å². The van der Waals surface area contributed by atoms with Gasteiger partial charge in [0.2, 0.25) is 0 Å². The van der Waals surface area contributed by atoms with Crippen molar-refractivity contribution in [3.05, 3.63) is 88.3 Å². The van der Waals surface area contributed by atoms with E-state index in [1.165, 1.54) is 37.3 Å². The van der Waals surface area contributed by atoms with E-state index in [2.05, 4.69) is 13.2 Å². The van der Waals surface area contributed by atoms with Crippen molar-refractivity contribution in [3.8, 4) is 17.2 Å². The monoisotopic (exact) mass is 516 g/mol. The maximum Gasteiger partial charge on any atom is 1.00 e. The summed E-state index contributed by atoms with van der Waals surface area (Å²) in [7, 11) is 0. The molecule has 0 radical (unpaired) electrons. The van der Waals surface area contributed by atoms with Gasteiger partial charge in [0.1, 0.15) is 48.1 Å². The van der Waals surface area contributed by atoms with E-state index in [1.54, 1.807) is 6.08 Å². The Labute approximate surface area is 234 Å². The molecule has 0 spiro atoms. The van der Waals surface area contributed by atoms with E-state index in [0.29, 0.717) is 11.1 Å². The van der Waals surface area contributed by atoms with Gasteiger partial charge >= 0.3 is 29.6 Å². The van der Waals surface area contributed by atoms with Crippen LogP contribution in [0.2, 0.25) is 0 Å². The number of phenols is 1. The number of allylic oxidation sites excluding steroid dienone is 2. The molecule has 0 bridgehead atoms. The molecule has 1 aromatic heterocycles. The van der Waals surface area contributed by atoms with Crippen molar-refractivity contribution in [3.63, 3.8) is 0 Å². The molecule has 188 valence electrons. The van der Waals surface area contributed by atoms with Crippen LogP contribution >= 0.6 is 0 Å². The van der Waals surface area contributed by atoms with Crippen molar-refractivity contribution in [2.45, 2.75) is 25.9 Å². The number of benzene rings is 2. The molecular formula is C27H25NaO9.